The van der Waals surface area contributed by atoms with Crippen molar-refractivity contribution in [1.82, 2.24) is 14.7 Å². The van der Waals surface area contributed by atoms with Gasteiger partial charge in [-0.3, -0.25) is 24.4 Å². The van der Waals surface area contributed by atoms with Gasteiger partial charge in [-0.2, -0.15) is 5.10 Å². The molecule has 28 heavy (non-hydrogen) atoms. The van der Waals surface area contributed by atoms with Crippen molar-refractivity contribution >= 4 is 17.6 Å². The smallest absolute Gasteiger partial charge is 0.328 e. The molecule has 10 heteroatoms. The van der Waals surface area contributed by atoms with Crippen LogP contribution in [0.3, 0.4) is 0 Å². The third-order valence-electron chi connectivity index (χ3n) is 4.16. The fourth-order valence-electron chi connectivity index (χ4n) is 2.74. The Balaban J connectivity index is 1.93. The number of halogens is 1. The fraction of sp³-hybridized carbons (Fsp3) is 0.389. The van der Waals surface area contributed by atoms with Crippen LogP contribution < -0.4 is 0 Å². The molecular weight excluding hydrogens is 371 g/mol. The average molecular weight is 392 g/mol. The van der Waals surface area contributed by atoms with Crippen molar-refractivity contribution in [2.24, 2.45) is 0 Å². The molecule has 0 aliphatic carbocycles. The van der Waals surface area contributed by atoms with Crippen LogP contribution in [0.1, 0.15) is 23.9 Å². The minimum absolute atomic E-state index is 0.156. The fourth-order valence-corrected chi connectivity index (χ4v) is 2.74. The lowest BCUT2D eigenvalue weighted by atomic mass is 10.2. The maximum atomic E-state index is 13.3. The van der Waals surface area contributed by atoms with Gasteiger partial charge in [-0.25, -0.2) is 4.39 Å². The summed E-state index contributed by atoms with van der Waals surface area (Å²) >= 11 is 0. The van der Waals surface area contributed by atoms with Gasteiger partial charge >= 0.3 is 11.7 Å². The molecule has 1 heterocycles. The molecule has 0 saturated heterocycles. The Labute approximate surface area is 160 Å². The first-order chi connectivity index (χ1) is 13.2. The second-order valence-electron chi connectivity index (χ2n) is 6.13. The van der Waals surface area contributed by atoms with E-state index in [1.165, 1.54) is 35.6 Å². The van der Waals surface area contributed by atoms with Crippen molar-refractivity contribution < 1.29 is 23.6 Å². The molecule has 0 bridgehead atoms. The summed E-state index contributed by atoms with van der Waals surface area (Å²) in [6.45, 7) is 4.43. The number of aromatic nitrogens is 2. The van der Waals surface area contributed by atoms with Crippen LogP contribution in [-0.2, 0) is 27.4 Å². The van der Waals surface area contributed by atoms with E-state index in [1.54, 1.807) is 19.1 Å². The first-order valence-corrected chi connectivity index (χ1v) is 8.59. The monoisotopic (exact) mass is 392 g/mol. The molecule has 150 valence electrons. The summed E-state index contributed by atoms with van der Waals surface area (Å²) in [5, 5.41) is 15.0. The van der Waals surface area contributed by atoms with Crippen LogP contribution in [0.2, 0.25) is 0 Å². The van der Waals surface area contributed by atoms with Gasteiger partial charge in [0.1, 0.15) is 23.7 Å². The van der Waals surface area contributed by atoms with E-state index in [-0.39, 0.29) is 30.2 Å². The van der Waals surface area contributed by atoms with Gasteiger partial charge in [0.25, 0.3) is 5.91 Å². The molecule has 0 unspecified atom stereocenters. The van der Waals surface area contributed by atoms with Crippen LogP contribution in [0.15, 0.2) is 24.3 Å². The zero-order chi connectivity index (χ0) is 20.8. The second kappa shape index (κ2) is 9.07. The van der Waals surface area contributed by atoms with Gasteiger partial charge in [0.2, 0.25) is 0 Å². The Morgan fingerprint density at radius 2 is 2.07 bits per heavy atom. The van der Waals surface area contributed by atoms with E-state index in [0.717, 1.165) is 0 Å². The van der Waals surface area contributed by atoms with Crippen molar-refractivity contribution in [3.63, 3.8) is 0 Å². The summed E-state index contributed by atoms with van der Waals surface area (Å²) in [5.41, 5.74) is 0.887. The largest absolute Gasteiger partial charge is 0.454 e. The molecule has 0 radical (unpaired) electrons. The summed E-state index contributed by atoms with van der Waals surface area (Å²) in [6, 6.07) is 5.89. The number of ether oxygens (including phenoxy) is 1. The van der Waals surface area contributed by atoms with Gasteiger partial charge in [-0.15, -0.1) is 0 Å². The SMILES string of the molecule is CCN(Cc1cccc(F)c1)C(=O)COC(=O)Cn1nc(C)c([N+](=O)[O-])c1C. The average Bonchev–Trinajstić information content (AvgIpc) is 2.91. The molecule has 0 fully saturated rings. The van der Waals surface area contributed by atoms with Gasteiger partial charge < -0.3 is 9.64 Å². The predicted molar refractivity (Wildman–Crippen MR) is 96.8 cm³/mol. The maximum absolute atomic E-state index is 13.3. The lowest BCUT2D eigenvalue weighted by Crippen LogP contribution is -2.34. The quantitative estimate of drug-likeness (QED) is 0.387. The molecule has 1 aromatic heterocycles. The number of carbonyl (C=O) groups excluding carboxylic acids is 2. The minimum atomic E-state index is -0.740. The Morgan fingerprint density at radius 3 is 2.64 bits per heavy atom. The van der Waals surface area contributed by atoms with Gasteiger partial charge in [-0.05, 0) is 38.5 Å². The number of carbonyl (C=O) groups is 2. The highest BCUT2D eigenvalue weighted by Crippen LogP contribution is 2.21. The molecule has 0 spiro atoms. The van der Waals surface area contributed by atoms with Crippen molar-refractivity contribution in [3.8, 4) is 0 Å². The number of nitrogens with zero attached hydrogens (tertiary/aromatic N) is 4. The molecule has 0 atom stereocenters. The van der Waals surface area contributed by atoms with Crippen LogP contribution in [0.5, 0.6) is 0 Å². The summed E-state index contributed by atoms with van der Waals surface area (Å²) in [6.07, 6.45) is 0. The molecule has 2 aromatic rings. The maximum Gasteiger partial charge on any atom is 0.328 e. The first kappa shape index (κ1) is 21.0. The van der Waals surface area contributed by atoms with Crippen molar-refractivity contribution in [2.75, 3.05) is 13.2 Å². The molecule has 9 nitrogen and oxygen atoms in total. The lowest BCUT2D eigenvalue weighted by Gasteiger charge is -2.21. The highest BCUT2D eigenvalue weighted by molar-refractivity contribution is 5.80. The van der Waals surface area contributed by atoms with E-state index >= 15 is 0 Å². The third kappa shape index (κ3) is 5.12. The van der Waals surface area contributed by atoms with E-state index in [9.17, 15) is 24.1 Å². The summed E-state index contributed by atoms with van der Waals surface area (Å²) in [4.78, 5) is 36.1. The molecule has 0 aliphatic rings. The number of amides is 1. The van der Waals surface area contributed by atoms with Crippen molar-refractivity contribution in [2.45, 2.75) is 33.9 Å². The number of benzene rings is 1. The molecule has 0 aliphatic heterocycles. The summed E-state index contributed by atoms with van der Waals surface area (Å²) in [5.74, 6) is -1.57. The number of hydrogen-bond donors (Lipinski definition) is 0. The second-order valence-corrected chi connectivity index (χ2v) is 6.13. The third-order valence-corrected chi connectivity index (χ3v) is 4.16. The number of esters is 1. The first-order valence-electron chi connectivity index (χ1n) is 8.59. The van der Waals surface area contributed by atoms with Crippen LogP contribution in [-0.4, -0.2) is 44.6 Å². The Morgan fingerprint density at radius 1 is 1.36 bits per heavy atom. The highest BCUT2D eigenvalue weighted by Gasteiger charge is 2.23. The van der Waals surface area contributed by atoms with Gasteiger partial charge in [0.05, 0.1) is 4.92 Å². The van der Waals surface area contributed by atoms with Gasteiger partial charge in [0.15, 0.2) is 6.61 Å². The van der Waals surface area contributed by atoms with E-state index in [1.807, 2.05) is 0 Å². The topological polar surface area (TPSA) is 108 Å². The van der Waals surface area contributed by atoms with Crippen LogP contribution >= 0.6 is 0 Å². The molecule has 2 rings (SSSR count). The number of rotatable bonds is 8. The molecule has 0 N–H and O–H groups in total. The van der Waals surface area contributed by atoms with Crippen LogP contribution in [0.25, 0.3) is 0 Å². The van der Waals surface area contributed by atoms with E-state index in [4.69, 9.17) is 4.74 Å². The number of aryl methyl sites for hydroxylation is 1. The molecule has 1 aromatic carbocycles. The lowest BCUT2D eigenvalue weighted by molar-refractivity contribution is -0.386. The zero-order valence-electron chi connectivity index (χ0n) is 15.8. The standard InChI is InChI=1S/C18H21FN4O5/c1-4-21(9-14-6-5-7-15(19)8-14)16(24)11-28-17(25)10-22-13(3)18(23(26)27)12(2)20-22/h5-8H,4,9-11H2,1-3H3. The van der Waals surface area contributed by atoms with Crippen molar-refractivity contribution in [1.29, 1.82) is 0 Å². The summed E-state index contributed by atoms with van der Waals surface area (Å²) < 4.78 is 19.4. The highest BCUT2D eigenvalue weighted by atomic mass is 19.1. The van der Waals surface area contributed by atoms with Crippen LogP contribution in [0.4, 0.5) is 10.1 Å². The predicted octanol–water partition coefficient (Wildman–Crippen LogP) is 2.14. The minimum Gasteiger partial charge on any atom is -0.454 e. The van der Waals surface area contributed by atoms with Gasteiger partial charge in [-0.1, -0.05) is 12.1 Å². The molecule has 0 saturated carbocycles. The Hall–Kier alpha value is -3.30. The van der Waals surface area contributed by atoms with Gasteiger partial charge in [0, 0.05) is 13.1 Å². The Bertz CT molecular complexity index is 896. The molecule has 1 amide bonds. The molecular formula is C18H21FN4O5. The number of likely N-dealkylation sites (N-methyl/N-ethyl adjacent to an activating group) is 1. The number of nitro groups is 1. The normalized spacial score (nSPS) is 10.6. The summed E-state index contributed by atoms with van der Waals surface area (Å²) in [7, 11) is 0. The van der Waals surface area contributed by atoms with E-state index < -0.39 is 29.2 Å². The van der Waals surface area contributed by atoms with Crippen molar-refractivity contribution in [3.05, 3.63) is 57.1 Å². The zero-order valence-corrected chi connectivity index (χ0v) is 15.8. The van der Waals surface area contributed by atoms with Crippen LogP contribution in [0, 0.1) is 29.8 Å². The number of hydrogen-bond acceptors (Lipinski definition) is 6. The van der Waals surface area contributed by atoms with E-state index in [0.29, 0.717) is 12.1 Å². The van der Waals surface area contributed by atoms with E-state index in [2.05, 4.69) is 5.10 Å². The Kier molecular flexibility index (Phi) is 6.80.